The highest BCUT2D eigenvalue weighted by atomic mass is 15.1. The van der Waals surface area contributed by atoms with Crippen molar-refractivity contribution in [1.82, 2.24) is 4.57 Å². The second-order valence-corrected chi connectivity index (χ2v) is 10.9. The molecule has 0 spiro atoms. The van der Waals surface area contributed by atoms with E-state index in [1.165, 1.54) is 38.1 Å². The monoisotopic (exact) mass is 560 g/mol. The van der Waals surface area contributed by atoms with Crippen molar-refractivity contribution in [2.75, 3.05) is 4.90 Å². The third-order valence-corrected chi connectivity index (χ3v) is 8.42. The Balaban J connectivity index is 1.27. The van der Waals surface area contributed by atoms with Gasteiger partial charge in [0.25, 0.3) is 0 Å². The standard InChI is InChI=1S/C40H24N4/c41-25-27-9-16-32(17-10-27)43(33-18-11-28(26-42)12-19-33)34-20-13-29(14-21-34)35-23-24-38-40-36(35)22-15-30-5-4-8-37(39(30)40)44(38)31-6-2-1-3-7-31/h1-24H. The van der Waals surface area contributed by atoms with Crippen LogP contribution in [0.4, 0.5) is 17.1 Å². The fourth-order valence-electron chi connectivity index (χ4n) is 6.40. The van der Waals surface area contributed by atoms with Gasteiger partial charge in [-0.05, 0) is 107 Å². The number of hydrogen-bond acceptors (Lipinski definition) is 3. The van der Waals surface area contributed by atoms with E-state index < -0.39 is 0 Å². The molecule has 204 valence electrons. The van der Waals surface area contributed by atoms with Gasteiger partial charge >= 0.3 is 0 Å². The topological polar surface area (TPSA) is 55.8 Å². The first-order valence-corrected chi connectivity index (χ1v) is 14.5. The van der Waals surface area contributed by atoms with Gasteiger partial charge in [-0.2, -0.15) is 10.5 Å². The van der Waals surface area contributed by atoms with Gasteiger partial charge in [0.15, 0.2) is 0 Å². The molecular weight excluding hydrogens is 536 g/mol. The van der Waals surface area contributed by atoms with Crippen LogP contribution in [0.1, 0.15) is 11.1 Å². The number of nitrogens with zero attached hydrogens (tertiary/aromatic N) is 4. The van der Waals surface area contributed by atoms with E-state index in [0.29, 0.717) is 11.1 Å². The maximum atomic E-state index is 9.33. The van der Waals surface area contributed by atoms with Crippen LogP contribution in [0.5, 0.6) is 0 Å². The van der Waals surface area contributed by atoms with Gasteiger partial charge in [-0.3, -0.25) is 0 Å². The third-order valence-electron chi connectivity index (χ3n) is 8.42. The van der Waals surface area contributed by atoms with Crippen LogP contribution >= 0.6 is 0 Å². The molecule has 1 heterocycles. The van der Waals surface area contributed by atoms with Gasteiger partial charge in [0.05, 0.1) is 34.3 Å². The molecule has 8 rings (SSSR count). The lowest BCUT2D eigenvalue weighted by atomic mass is 9.94. The average Bonchev–Trinajstić information content (AvgIpc) is 3.44. The Kier molecular flexibility index (Phi) is 5.86. The lowest BCUT2D eigenvalue weighted by Crippen LogP contribution is -2.09. The van der Waals surface area contributed by atoms with Gasteiger partial charge in [0.2, 0.25) is 0 Å². The third kappa shape index (κ3) is 3.98. The van der Waals surface area contributed by atoms with Crippen molar-refractivity contribution in [2.24, 2.45) is 0 Å². The molecule has 0 aliphatic rings. The fourth-order valence-corrected chi connectivity index (χ4v) is 6.40. The second kappa shape index (κ2) is 10.2. The molecule has 44 heavy (non-hydrogen) atoms. The summed E-state index contributed by atoms with van der Waals surface area (Å²) in [7, 11) is 0. The van der Waals surface area contributed by atoms with E-state index in [9.17, 15) is 10.5 Å². The molecule has 0 fully saturated rings. The van der Waals surface area contributed by atoms with Crippen molar-refractivity contribution in [3.63, 3.8) is 0 Å². The number of nitriles is 2. The molecule has 1 aromatic heterocycles. The molecular formula is C40H24N4. The van der Waals surface area contributed by atoms with E-state index >= 15 is 0 Å². The first-order valence-electron chi connectivity index (χ1n) is 14.5. The molecule has 8 aromatic rings. The average molecular weight is 561 g/mol. The van der Waals surface area contributed by atoms with Crippen molar-refractivity contribution in [2.45, 2.75) is 0 Å². The Bertz CT molecular complexity index is 2310. The highest BCUT2D eigenvalue weighted by molar-refractivity contribution is 6.26. The number of rotatable bonds is 5. The minimum absolute atomic E-state index is 0.609. The van der Waals surface area contributed by atoms with Gasteiger partial charge in [-0.25, -0.2) is 0 Å². The molecule has 7 aromatic carbocycles. The summed E-state index contributed by atoms with van der Waals surface area (Å²) < 4.78 is 2.37. The summed E-state index contributed by atoms with van der Waals surface area (Å²) >= 11 is 0. The molecule has 0 bridgehead atoms. The van der Waals surface area contributed by atoms with Gasteiger partial charge < -0.3 is 9.47 Å². The Labute approximate surface area is 254 Å². The van der Waals surface area contributed by atoms with Crippen LogP contribution in [-0.4, -0.2) is 4.57 Å². The van der Waals surface area contributed by atoms with Crippen LogP contribution in [0.2, 0.25) is 0 Å². The van der Waals surface area contributed by atoms with Gasteiger partial charge in [-0.1, -0.05) is 60.7 Å². The van der Waals surface area contributed by atoms with Crippen molar-refractivity contribution in [3.05, 3.63) is 157 Å². The second-order valence-electron chi connectivity index (χ2n) is 10.9. The van der Waals surface area contributed by atoms with Crippen molar-refractivity contribution < 1.29 is 0 Å². The molecule has 0 N–H and O–H groups in total. The van der Waals surface area contributed by atoms with Crippen LogP contribution < -0.4 is 4.90 Å². The van der Waals surface area contributed by atoms with E-state index in [2.05, 4.69) is 119 Å². The molecule has 0 unspecified atom stereocenters. The van der Waals surface area contributed by atoms with Gasteiger partial charge in [0, 0.05) is 33.5 Å². The molecule has 4 nitrogen and oxygen atoms in total. The summed E-state index contributed by atoms with van der Waals surface area (Å²) in [5.74, 6) is 0. The highest BCUT2D eigenvalue weighted by Crippen LogP contribution is 2.43. The largest absolute Gasteiger partial charge is 0.311 e. The summed E-state index contributed by atoms with van der Waals surface area (Å²) in [4.78, 5) is 2.14. The van der Waals surface area contributed by atoms with Crippen LogP contribution in [0.15, 0.2) is 146 Å². The van der Waals surface area contributed by atoms with E-state index in [0.717, 1.165) is 28.3 Å². The Morgan fingerprint density at radius 3 is 1.68 bits per heavy atom. The summed E-state index contributed by atoms with van der Waals surface area (Å²) in [6.45, 7) is 0. The molecule has 0 aliphatic carbocycles. The predicted octanol–water partition coefficient (Wildman–Crippen LogP) is 10.3. The Hall–Kier alpha value is -6.36. The molecule has 0 aliphatic heterocycles. The van der Waals surface area contributed by atoms with Crippen molar-refractivity contribution in [1.29, 1.82) is 10.5 Å². The summed E-state index contributed by atoms with van der Waals surface area (Å²) in [6.07, 6.45) is 0. The molecule has 0 atom stereocenters. The van der Waals surface area contributed by atoms with Gasteiger partial charge in [0.1, 0.15) is 0 Å². The Morgan fingerprint density at radius 1 is 0.477 bits per heavy atom. The van der Waals surface area contributed by atoms with E-state index in [4.69, 9.17) is 0 Å². The smallest absolute Gasteiger partial charge is 0.0991 e. The number of aromatic nitrogens is 1. The maximum absolute atomic E-state index is 9.33. The molecule has 0 amide bonds. The van der Waals surface area contributed by atoms with Crippen LogP contribution in [-0.2, 0) is 0 Å². The van der Waals surface area contributed by atoms with E-state index in [1.54, 1.807) is 0 Å². The first kappa shape index (κ1) is 25.4. The highest BCUT2D eigenvalue weighted by Gasteiger charge is 2.19. The lowest BCUT2D eigenvalue weighted by molar-refractivity contribution is 1.18. The van der Waals surface area contributed by atoms with Crippen LogP contribution in [0.25, 0.3) is 49.4 Å². The number of anilines is 3. The van der Waals surface area contributed by atoms with E-state index in [1.807, 2.05) is 48.5 Å². The quantitative estimate of drug-likeness (QED) is 0.197. The molecule has 0 saturated heterocycles. The number of hydrogen-bond donors (Lipinski definition) is 0. The zero-order valence-electron chi connectivity index (χ0n) is 23.6. The molecule has 0 saturated carbocycles. The molecule has 4 heteroatoms. The lowest BCUT2D eigenvalue weighted by Gasteiger charge is -2.26. The summed E-state index contributed by atoms with van der Waals surface area (Å²) in [5, 5.41) is 23.7. The SMILES string of the molecule is N#Cc1ccc(N(c2ccc(C#N)cc2)c2ccc(-c3ccc4c5c3ccc3cccc(c35)n4-c3ccccc3)cc2)cc1. The van der Waals surface area contributed by atoms with Crippen LogP contribution in [0.3, 0.4) is 0 Å². The minimum Gasteiger partial charge on any atom is -0.311 e. The maximum Gasteiger partial charge on any atom is 0.0991 e. The Morgan fingerprint density at radius 2 is 1.07 bits per heavy atom. The number of para-hydroxylation sites is 1. The minimum atomic E-state index is 0.609. The van der Waals surface area contributed by atoms with Crippen molar-refractivity contribution >= 4 is 49.6 Å². The summed E-state index contributed by atoms with van der Waals surface area (Å²) in [5.41, 5.74) is 9.95. The predicted molar refractivity (Wildman–Crippen MR) is 179 cm³/mol. The molecule has 0 radical (unpaired) electrons. The van der Waals surface area contributed by atoms with Gasteiger partial charge in [-0.15, -0.1) is 0 Å². The van der Waals surface area contributed by atoms with E-state index in [-0.39, 0.29) is 0 Å². The zero-order chi connectivity index (χ0) is 29.6. The normalized spacial score (nSPS) is 11.1. The fraction of sp³-hybridized carbons (Fsp3) is 0. The van der Waals surface area contributed by atoms with Crippen molar-refractivity contribution in [3.8, 4) is 29.0 Å². The first-order chi connectivity index (χ1) is 21.7. The zero-order valence-corrected chi connectivity index (χ0v) is 23.6. The van der Waals surface area contributed by atoms with Crippen LogP contribution in [0, 0.1) is 22.7 Å². The number of benzene rings is 7. The summed E-state index contributed by atoms with van der Waals surface area (Å²) in [6, 6.07) is 54.2.